The SMILES string of the molecule is CC(Oc1ccc2sc(=O)n(-c3ncc(C(F)(F)F)cc3Cl)c2c1)C(=O)Cl. The topological polar surface area (TPSA) is 61.2 Å². The van der Waals surface area contributed by atoms with Crippen LogP contribution in [0.4, 0.5) is 13.2 Å². The third kappa shape index (κ3) is 3.95. The van der Waals surface area contributed by atoms with Crippen LogP contribution in [0.5, 0.6) is 5.75 Å². The van der Waals surface area contributed by atoms with Gasteiger partial charge in [0.2, 0.25) is 0 Å². The summed E-state index contributed by atoms with van der Waals surface area (Å²) in [5.41, 5.74) is -0.701. The van der Waals surface area contributed by atoms with Gasteiger partial charge in [0.05, 0.1) is 20.8 Å². The van der Waals surface area contributed by atoms with E-state index in [1.54, 1.807) is 12.1 Å². The second kappa shape index (κ2) is 7.14. The highest BCUT2D eigenvalue weighted by Crippen LogP contribution is 2.33. The highest BCUT2D eigenvalue weighted by molar-refractivity contribution is 7.16. The Morgan fingerprint density at radius 2 is 2.04 bits per heavy atom. The van der Waals surface area contributed by atoms with E-state index < -0.39 is 28.0 Å². The second-order valence-corrected chi connectivity index (χ2v) is 7.20. The monoisotopic (exact) mass is 436 g/mol. The second-order valence-electron chi connectivity index (χ2n) is 5.42. The molecule has 1 atom stereocenters. The quantitative estimate of drug-likeness (QED) is 0.558. The molecule has 0 saturated heterocycles. The Morgan fingerprint density at radius 1 is 1.33 bits per heavy atom. The standard InChI is InChI=1S/C16H9Cl2F3N2O3S/c1-7(13(18)24)26-9-2-3-12-11(5-9)23(15(25)27-12)14-10(17)4-8(6-22-14)16(19,20)21/h2-7H,1H3. The fraction of sp³-hybridized carbons (Fsp3) is 0.188. The lowest BCUT2D eigenvalue weighted by molar-refractivity contribution is -0.137. The van der Waals surface area contributed by atoms with Gasteiger partial charge in [0, 0.05) is 12.3 Å². The summed E-state index contributed by atoms with van der Waals surface area (Å²) < 4.78 is 45.4. The number of nitrogens with zero attached hydrogens (tertiary/aromatic N) is 2. The molecule has 5 nitrogen and oxygen atoms in total. The highest BCUT2D eigenvalue weighted by atomic mass is 35.5. The number of aromatic nitrogens is 2. The summed E-state index contributed by atoms with van der Waals surface area (Å²) in [6.45, 7) is 1.45. The summed E-state index contributed by atoms with van der Waals surface area (Å²) in [6, 6.07) is 5.28. The molecule has 0 bridgehead atoms. The third-order valence-electron chi connectivity index (χ3n) is 3.54. The molecule has 0 fully saturated rings. The zero-order valence-corrected chi connectivity index (χ0v) is 15.7. The maximum Gasteiger partial charge on any atom is 0.417 e. The first-order valence-electron chi connectivity index (χ1n) is 7.32. The van der Waals surface area contributed by atoms with E-state index in [9.17, 15) is 22.8 Å². The zero-order chi connectivity index (χ0) is 19.9. The van der Waals surface area contributed by atoms with Gasteiger partial charge in [-0.1, -0.05) is 22.9 Å². The first-order valence-corrected chi connectivity index (χ1v) is 8.90. The Labute approximate surface area is 163 Å². The van der Waals surface area contributed by atoms with Crippen molar-refractivity contribution in [3.05, 3.63) is 50.7 Å². The van der Waals surface area contributed by atoms with E-state index in [1.165, 1.54) is 13.0 Å². The van der Waals surface area contributed by atoms with Crippen LogP contribution in [0.3, 0.4) is 0 Å². The first-order chi connectivity index (χ1) is 12.6. The molecule has 3 aromatic rings. The predicted octanol–water partition coefficient (Wildman–Crippen LogP) is 4.65. The van der Waals surface area contributed by atoms with Crippen LogP contribution in [0.25, 0.3) is 16.0 Å². The van der Waals surface area contributed by atoms with Gasteiger partial charge in [-0.3, -0.25) is 9.59 Å². The molecule has 2 heterocycles. The van der Waals surface area contributed by atoms with Crippen molar-refractivity contribution in [1.82, 2.24) is 9.55 Å². The molecule has 0 aliphatic carbocycles. The molecule has 2 aromatic heterocycles. The Balaban J connectivity index is 2.13. The van der Waals surface area contributed by atoms with Crippen LogP contribution in [0, 0.1) is 0 Å². The molecule has 0 saturated carbocycles. The number of pyridine rings is 1. The van der Waals surface area contributed by atoms with Crippen molar-refractivity contribution < 1.29 is 22.7 Å². The van der Waals surface area contributed by atoms with E-state index in [2.05, 4.69) is 4.98 Å². The van der Waals surface area contributed by atoms with Crippen molar-refractivity contribution in [2.45, 2.75) is 19.2 Å². The molecule has 0 aliphatic heterocycles. The Bertz CT molecular complexity index is 1090. The summed E-state index contributed by atoms with van der Waals surface area (Å²) >= 11 is 12.2. The summed E-state index contributed by atoms with van der Waals surface area (Å²) in [5.74, 6) is 0.109. The van der Waals surface area contributed by atoms with Crippen molar-refractivity contribution in [2.75, 3.05) is 0 Å². The van der Waals surface area contributed by atoms with Crippen molar-refractivity contribution in [3.63, 3.8) is 0 Å². The van der Waals surface area contributed by atoms with Crippen molar-refractivity contribution >= 4 is 50.0 Å². The lowest BCUT2D eigenvalue weighted by Gasteiger charge is -2.12. The number of fused-ring (bicyclic) bond motifs is 1. The Kier molecular flexibility index (Phi) is 5.20. The maximum atomic E-state index is 12.8. The minimum absolute atomic E-state index is 0.139. The normalized spacial score (nSPS) is 13.0. The van der Waals surface area contributed by atoms with Gasteiger partial charge in [-0.05, 0) is 36.7 Å². The Hall–Kier alpha value is -2.10. The van der Waals surface area contributed by atoms with Crippen LogP contribution in [-0.4, -0.2) is 20.9 Å². The van der Waals surface area contributed by atoms with Crippen LogP contribution in [0.2, 0.25) is 5.02 Å². The summed E-state index contributed by atoms with van der Waals surface area (Å²) in [7, 11) is 0. The van der Waals surface area contributed by atoms with Crippen LogP contribution in [0.15, 0.2) is 35.3 Å². The van der Waals surface area contributed by atoms with Crippen LogP contribution < -0.4 is 9.61 Å². The van der Waals surface area contributed by atoms with Crippen molar-refractivity contribution in [2.24, 2.45) is 0 Å². The lowest BCUT2D eigenvalue weighted by atomic mass is 10.2. The number of carbonyl (C=O) groups excluding carboxylic acids is 1. The average Bonchev–Trinajstić information content (AvgIpc) is 2.89. The van der Waals surface area contributed by atoms with Crippen molar-refractivity contribution in [1.29, 1.82) is 0 Å². The largest absolute Gasteiger partial charge is 0.481 e. The van der Waals surface area contributed by atoms with E-state index in [0.29, 0.717) is 22.5 Å². The van der Waals surface area contributed by atoms with Crippen LogP contribution >= 0.6 is 34.5 Å². The van der Waals surface area contributed by atoms with Gasteiger partial charge < -0.3 is 4.74 Å². The molecule has 0 amide bonds. The minimum Gasteiger partial charge on any atom is -0.481 e. The highest BCUT2D eigenvalue weighted by Gasteiger charge is 2.32. The zero-order valence-electron chi connectivity index (χ0n) is 13.4. The van der Waals surface area contributed by atoms with Crippen LogP contribution in [-0.2, 0) is 11.0 Å². The number of ether oxygens (including phenoxy) is 1. The lowest BCUT2D eigenvalue weighted by Crippen LogP contribution is -2.19. The molecular formula is C16H9Cl2F3N2O3S. The fourth-order valence-electron chi connectivity index (χ4n) is 2.27. The number of alkyl halides is 3. The molecule has 1 unspecified atom stereocenters. The van der Waals surface area contributed by atoms with E-state index in [4.69, 9.17) is 27.9 Å². The average molecular weight is 437 g/mol. The van der Waals surface area contributed by atoms with E-state index in [-0.39, 0.29) is 16.6 Å². The number of hydrogen-bond acceptors (Lipinski definition) is 5. The number of thiazole rings is 1. The number of benzene rings is 1. The van der Waals surface area contributed by atoms with E-state index >= 15 is 0 Å². The number of halogens is 5. The van der Waals surface area contributed by atoms with Crippen molar-refractivity contribution in [3.8, 4) is 11.6 Å². The molecule has 0 spiro atoms. The van der Waals surface area contributed by atoms with Gasteiger partial charge in [-0.2, -0.15) is 13.2 Å². The molecule has 11 heteroatoms. The summed E-state index contributed by atoms with van der Waals surface area (Å²) in [6.07, 6.45) is -4.93. The molecular weight excluding hydrogens is 428 g/mol. The molecule has 0 N–H and O–H groups in total. The van der Waals surface area contributed by atoms with Gasteiger partial charge in [0.1, 0.15) is 5.75 Å². The third-order valence-corrected chi connectivity index (χ3v) is 5.05. The molecule has 0 aliphatic rings. The predicted molar refractivity (Wildman–Crippen MR) is 96.2 cm³/mol. The molecule has 3 rings (SSSR count). The molecule has 0 radical (unpaired) electrons. The van der Waals surface area contributed by atoms with Gasteiger partial charge in [-0.25, -0.2) is 9.55 Å². The first kappa shape index (κ1) is 19.7. The maximum absolute atomic E-state index is 12.8. The van der Waals surface area contributed by atoms with Gasteiger partial charge in [0.15, 0.2) is 11.9 Å². The van der Waals surface area contributed by atoms with E-state index in [1.807, 2.05) is 0 Å². The summed E-state index contributed by atoms with van der Waals surface area (Å²) in [5, 5.41) is -1.03. The fourth-order valence-corrected chi connectivity index (χ4v) is 3.42. The molecule has 27 heavy (non-hydrogen) atoms. The number of carbonyl (C=O) groups is 1. The Morgan fingerprint density at radius 3 is 2.63 bits per heavy atom. The molecule has 1 aromatic carbocycles. The van der Waals surface area contributed by atoms with Gasteiger partial charge in [0.25, 0.3) is 5.24 Å². The minimum atomic E-state index is -4.61. The van der Waals surface area contributed by atoms with Gasteiger partial charge in [-0.15, -0.1) is 0 Å². The van der Waals surface area contributed by atoms with Crippen LogP contribution in [0.1, 0.15) is 12.5 Å². The smallest absolute Gasteiger partial charge is 0.417 e. The molecule has 142 valence electrons. The number of hydrogen-bond donors (Lipinski definition) is 0. The summed E-state index contributed by atoms with van der Waals surface area (Å²) in [4.78, 5) is 26.7. The number of rotatable bonds is 4. The van der Waals surface area contributed by atoms with E-state index in [0.717, 1.165) is 15.9 Å². The van der Waals surface area contributed by atoms with Gasteiger partial charge >= 0.3 is 11.0 Å².